The van der Waals surface area contributed by atoms with Gasteiger partial charge in [0, 0.05) is 12.6 Å². The fourth-order valence-corrected chi connectivity index (χ4v) is 1.47. The zero-order valence-corrected chi connectivity index (χ0v) is 9.05. The fourth-order valence-electron chi connectivity index (χ4n) is 1.47. The molecule has 0 aliphatic carbocycles. The maximum Gasteiger partial charge on any atom is 0.221 e. The Hall–Kier alpha value is -1.25. The monoisotopic (exact) mass is 189 g/mol. The number of amides is 1. The van der Waals surface area contributed by atoms with Crippen LogP contribution in [0.4, 0.5) is 5.69 Å². The van der Waals surface area contributed by atoms with Crippen LogP contribution in [0.5, 0.6) is 0 Å². The van der Waals surface area contributed by atoms with Crippen LogP contribution in [0.1, 0.15) is 19.4 Å². The first-order valence-electron chi connectivity index (χ1n) is 5.06. The minimum Gasteiger partial charge on any atom is -0.326 e. The molecule has 0 bridgehead atoms. The lowest BCUT2D eigenvalue weighted by molar-refractivity contribution is -0.114. The predicted octanol–water partition coefficient (Wildman–Crippen LogP) is 1.32. The molecule has 0 heterocycles. The third kappa shape index (κ3) is 2.62. The first-order valence-corrected chi connectivity index (χ1v) is 5.06. The summed E-state index contributed by atoms with van der Waals surface area (Å²) in [5.41, 5.74) is 3.47. The van der Waals surface area contributed by atoms with E-state index >= 15 is 0 Å². The number of carbonyl (C=O) groups excluding carboxylic acids is 1. The van der Waals surface area contributed by atoms with Gasteiger partial charge in [-0.2, -0.15) is 0 Å². The van der Waals surface area contributed by atoms with Crippen molar-refractivity contribution in [1.82, 2.24) is 0 Å². The molecule has 1 amide bonds. The van der Waals surface area contributed by atoms with E-state index in [1.165, 1.54) is 17.9 Å². The van der Waals surface area contributed by atoms with Crippen molar-refractivity contribution in [3.05, 3.63) is 23.8 Å². The van der Waals surface area contributed by atoms with Gasteiger partial charge in [0.1, 0.15) is 0 Å². The Morgan fingerprint density at radius 1 is 1.50 bits per heavy atom. The molecule has 1 aromatic rings. The molecule has 1 rings (SSSR count). The molecule has 1 aromatic carbocycles. The molecule has 3 heteroatoms. The van der Waals surface area contributed by atoms with Crippen LogP contribution in [0, 0.1) is 0 Å². The van der Waals surface area contributed by atoms with E-state index in [2.05, 4.69) is 31.2 Å². The average Bonchev–Trinajstić information content (AvgIpc) is 2.17. The molecule has 14 heavy (non-hydrogen) atoms. The topological polar surface area (TPSA) is 29.1 Å². The molecule has 74 valence electrons. The molecule has 0 aliphatic heterocycles. The minimum atomic E-state index is -0.0102. The van der Waals surface area contributed by atoms with Gasteiger partial charge in [-0.25, -0.2) is 0 Å². The van der Waals surface area contributed by atoms with Crippen LogP contribution in [0.25, 0.3) is 0 Å². The molecule has 0 saturated carbocycles. The molecule has 0 aromatic heterocycles. The Morgan fingerprint density at radius 3 is 2.71 bits per heavy atom. The SMILES string of the molecule is CBc1ccc(NC(C)=O)c(CC)c1. The summed E-state index contributed by atoms with van der Waals surface area (Å²) < 4.78 is 0. The number of nitrogens with one attached hydrogen (secondary N) is 1. The maximum atomic E-state index is 10.9. The summed E-state index contributed by atoms with van der Waals surface area (Å²) in [4.78, 5) is 10.9. The summed E-state index contributed by atoms with van der Waals surface area (Å²) in [5, 5.41) is 2.84. The van der Waals surface area contributed by atoms with Crippen LogP contribution in [0.15, 0.2) is 18.2 Å². The second kappa shape index (κ2) is 4.84. The lowest BCUT2D eigenvalue weighted by Gasteiger charge is -2.09. The Bertz CT molecular complexity index is 336. The molecule has 0 atom stereocenters. The van der Waals surface area contributed by atoms with Gasteiger partial charge in [0.2, 0.25) is 5.91 Å². The Kier molecular flexibility index (Phi) is 3.75. The average molecular weight is 189 g/mol. The number of benzene rings is 1. The van der Waals surface area contributed by atoms with E-state index in [1.54, 1.807) is 0 Å². The molecule has 0 unspecified atom stereocenters. The molecule has 0 radical (unpaired) electrons. The summed E-state index contributed by atoms with van der Waals surface area (Å²) in [7, 11) is 1.04. The van der Waals surface area contributed by atoms with Crippen molar-refractivity contribution in [2.45, 2.75) is 27.1 Å². The highest BCUT2D eigenvalue weighted by Gasteiger charge is 2.02. The van der Waals surface area contributed by atoms with Crippen LogP contribution < -0.4 is 10.8 Å². The summed E-state index contributed by atoms with van der Waals surface area (Å²) >= 11 is 0. The molecular formula is C11H16BNO. The van der Waals surface area contributed by atoms with Gasteiger partial charge < -0.3 is 5.32 Å². The predicted molar refractivity (Wildman–Crippen MR) is 62.8 cm³/mol. The molecule has 0 saturated heterocycles. The van der Waals surface area contributed by atoms with Crippen LogP contribution in [-0.2, 0) is 11.2 Å². The quantitative estimate of drug-likeness (QED) is 0.713. The van der Waals surface area contributed by atoms with Gasteiger partial charge in [0.05, 0.1) is 0 Å². The summed E-state index contributed by atoms with van der Waals surface area (Å²) in [6.07, 6.45) is 0.948. The van der Waals surface area contributed by atoms with E-state index in [0.29, 0.717) is 0 Å². The Morgan fingerprint density at radius 2 is 2.21 bits per heavy atom. The normalized spacial score (nSPS) is 9.64. The van der Waals surface area contributed by atoms with E-state index in [9.17, 15) is 4.79 Å². The lowest BCUT2D eigenvalue weighted by atomic mass is 9.73. The van der Waals surface area contributed by atoms with Gasteiger partial charge in [-0.15, -0.1) is 0 Å². The van der Waals surface area contributed by atoms with Gasteiger partial charge in [-0.05, 0) is 18.1 Å². The zero-order chi connectivity index (χ0) is 10.6. The van der Waals surface area contributed by atoms with Crippen LogP contribution in [0.3, 0.4) is 0 Å². The van der Waals surface area contributed by atoms with Gasteiger partial charge in [0.25, 0.3) is 0 Å². The molecule has 0 spiro atoms. The van der Waals surface area contributed by atoms with Crippen molar-refractivity contribution in [1.29, 1.82) is 0 Å². The number of anilines is 1. The van der Waals surface area contributed by atoms with Gasteiger partial charge in [-0.1, -0.05) is 31.3 Å². The van der Waals surface area contributed by atoms with Crippen molar-refractivity contribution >= 4 is 24.3 Å². The van der Waals surface area contributed by atoms with Crippen molar-refractivity contribution < 1.29 is 4.79 Å². The van der Waals surface area contributed by atoms with Crippen molar-refractivity contribution in [3.8, 4) is 0 Å². The van der Waals surface area contributed by atoms with E-state index in [0.717, 1.165) is 19.4 Å². The highest BCUT2D eigenvalue weighted by Crippen LogP contribution is 2.14. The first kappa shape index (κ1) is 10.8. The standard InChI is InChI=1S/C11H16BNO/c1-4-9-7-10(12-3)5-6-11(9)13-8(2)14/h5-7,12H,4H2,1-3H3,(H,13,14). The lowest BCUT2D eigenvalue weighted by Crippen LogP contribution is -2.14. The van der Waals surface area contributed by atoms with Gasteiger partial charge in [-0.3, -0.25) is 4.79 Å². The van der Waals surface area contributed by atoms with Gasteiger partial charge >= 0.3 is 0 Å². The Balaban J connectivity index is 2.98. The van der Waals surface area contributed by atoms with Crippen LogP contribution in [0.2, 0.25) is 6.82 Å². The highest BCUT2D eigenvalue weighted by molar-refractivity contribution is 6.51. The van der Waals surface area contributed by atoms with Crippen LogP contribution in [-0.4, -0.2) is 13.2 Å². The largest absolute Gasteiger partial charge is 0.326 e. The molecular weight excluding hydrogens is 173 g/mol. The van der Waals surface area contributed by atoms with E-state index < -0.39 is 0 Å². The smallest absolute Gasteiger partial charge is 0.221 e. The zero-order valence-electron chi connectivity index (χ0n) is 9.05. The summed E-state index contributed by atoms with van der Waals surface area (Å²) in [5.74, 6) is -0.0102. The molecule has 2 nitrogen and oxygen atoms in total. The van der Waals surface area contributed by atoms with Crippen molar-refractivity contribution in [3.63, 3.8) is 0 Å². The summed E-state index contributed by atoms with van der Waals surface area (Å²) in [6, 6.07) is 6.20. The first-order chi connectivity index (χ1) is 6.67. The number of hydrogen-bond donors (Lipinski definition) is 1. The maximum absolute atomic E-state index is 10.9. The molecule has 0 aliphatic rings. The van der Waals surface area contributed by atoms with Crippen molar-refractivity contribution in [2.75, 3.05) is 5.32 Å². The second-order valence-electron chi connectivity index (χ2n) is 3.38. The van der Waals surface area contributed by atoms with Gasteiger partial charge in [0.15, 0.2) is 7.28 Å². The number of rotatable bonds is 3. The highest BCUT2D eigenvalue weighted by atomic mass is 16.1. The number of aryl methyl sites for hydroxylation is 1. The fraction of sp³-hybridized carbons (Fsp3) is 0.364. The van der Waals surface area contributed by atoms with E-state index in [-0.39, 0.29) is 5.91 Å². The molecule has 0 fully saturated rings. The molecule has 1 N–H and O–H groups in total. The third-order valence-corrected chi connectivity index (χ3v) is 2.27. The second-order valence-corrected chi connectivity index (χ2v) is 3.38. The number of hydrogen-bond acceptors (Lipinski definition) is 1. The third-order valence-electron chi connectivity index (χ3n) is 2.27. The van der Waals surface area contributed by atoms with E-state index in [4.69, 9.17) is 0 Å². The minimum absolute atomic E-state index is 0.0102. The van der Waals surface area contributed by atoms with Crippen LogP contribution >= 0.6 is 0 Å². The van der Waals surface area contributed by atoms with E-state index in [1.807, 2.05) is 6.07 Å². The summed E-state index contributed by atoms with van der Waals surface area (Å²) in [6.45, 7) is 5.76. The number of carbonyl (C=O) groups is 1. The Labute approximate surface area is 86.0 Å². The van der Waals surface area contributed by atoms with Crippen molar-refractivity contribution in [2.24, 2.45) is 0 Å².